The van der Waals surface area contributed by atoms with Gasteiger partial charge in [0, 0.05) is 21.3 Å². The van der Waals surface area contributed by atoms with Crippen molar-refractivity contribution in [2.75, 3.05) is 6.54 Å². The van der Waals surface area contributed by atoms with E-state index in [1.807, 2.05) is 11.4 Å². The zero-order valence-corrected chi connectivity index (χ0v) is 12.9. The van der Waals surface area contributed by atoms with Crippen molar-refractivity contribution in [3.8, 4) is 0 Å². The van der Waals surface area contributed by atoms with Crippen LogP contribution in [-0.4, -0.2) is 28.4 Å². The molecule has 1 aromatic heterocycles. The Hall–Kier alpha value is -1.31. The molecule has 1 aromatic rings. The van der Waals surface area contributed by atoms with Gasteiger partial charge >= 0.3 is 0 Å². The summed E-state index contributed by atoms with van der Waals surface area (Å²) in [6.45, 7) is 3.83. The molecule has 1 aliphatic heterocycles. The van der Waals surface area contributed by atoms with Gasteiger partial charge in [0.1, 0.15) is 5.57 Å². The summed E-state index contributed by atoms with van der Waals surface area (Å²) in [6, 6.07) is 1.84. The lowest BCUT2D eigenvalue weighted by atomic mass is 10.1. The number of nitrogens with zero attached hydrogens (tertiary/aromatic N) is 1. The standard InChI is InChI=1S/C12H9BrN2O2S2/c1-2-3-15-11(17)9(10(16)14-12(15)18)5-8-4-7(13)6-19-8/h2,4-6H,1,3H2,(H,14,16,18)/b9-5+. The molecule has 19 heavy (non-hydrogen) atoms. The maximum Gasteiger partial charge on any atom is 0.265 e. The Bertz CT molecular complexity index is 607. The van der Waals surface area contributed by atoms with E-state index >= 15 is 0 Å². The summed E-state index contributed by atoms with van der Waals surface area (Å²) in [4.78, 5) is 26.2. The fourth-order valence-electron chi connectivity index (χ4n) is 1.54. The van der Waals surface area contributed by atoms with Crippen LogP contribution in [0.3, 0.4) is 0 Å². The highest BCUT2D eigenvalue weighted by Crippen LogP contribution is 2.23. The minimum absolute atomic E-state index is 0.0739. The Morgan fingerprint density at radius 3 is 2.84 bits per heavy atom. The first-order valence-corrected chi connectivity index (χ1v) is 7.35. The second-order valence-corrected chi connectivity index (χ2v) is 5.93. The number of hydrogen-bond donors (Lipinski definition) is 1. The minimum Gasteiger partial charge on any atom is -0.298 e. The molecule has 1 aliphatic rings. The molecule has 0 aromatic carbocycles. The molecule has 2 amide bonds. The summed E-state index contributed by atoms with van der Waals surface area (Å²) >= 11 is 9.72. The number of thiocarbonyl (C=S) groups is 1. The second kappa shape index (κ2) is 5.77. The van der Waals surface area contributed by atoms with Crippen LogP contribution in [0.15, 0.2) is 34.1 Å². The zero-order chi connectivity index (χ0) is 14.0. The van der Waals surface area contributed by atoms with Crippen molar-refractivity contribution in [2.45, 2.75) is 0 Å². The Kier molecular flexibility index (Phi) is 4.28. The summed E-state index contributed by atoms with van der Waals surface area (Å²) in [7, 11) is 0. The van der Waals surface area contributed by atoms with Gasteiger partial charge in [-0.25, -0.2) is 0 Å². The molecule has 1 N–H and O–H groups in total. The monoisotopic (exact) mass is 356 g/mol. The van der Waals surface area contributed by atoms with Crippen molar-refractivity contribution in [3.05, 3.63) is 39.0 Å². The van der Waals surface area contributed by atoms with Gasteiger partial charge in [-0.05, 0) is 40.3 Å². The highest BCUT2D eigenvalue weighted by molar-refractivity contribution is 9.10. The normalized spacial score (nSPS) is 17.8. The maximum absolute atomic E-state index is 12.2. The number of halogens is 1. The van der Waals surface area contributed by atoms with E-state index in [4.69, 9.17) is 12.2 Å². The number of amides is 2. The van der Waals surface area contributed by atoms with E-state index in [-0.39, 0.29) is 17.2 Å². The molecule has 0 aliphatic carbocycles. The first-order chi connectivity index (χ1) is 9.02. The Morgan fingerprint density at radius 2 is 2.26 bits per heavy atom. The van der Waals surface area contributed by atoms with Crippen LogP contribution in [0.25, 0.3) is 6.08 Å². The lowest BCUT2D eigenvalue weighted by Crippen LogP contribution is -2.53. The van der Waals surface area contributed by atoms with Crippen LogP contribution >= 0.6 is 39.5 Å². The molecule has 1 saturated heterocycles. The number of carbonyl (C=O) groups is 2. The summed E-state index contributed by atoms with van der Waals surface area (Å²) in [5.74, 6) is -0.877. The molecule has 0 radical (unpaired) electrons. The van der Waals surface area contributed by atoms with E-state index in [1.165, 1.54) is 16.2 Å². The summed E-state index contributed by atoms with van der Waals surface area (Å²) in [5, 5.41) is 4.49. The largest absolute Gasteiger partial charge is 0.298 e. The molecule has 7 heteroatoms. The van der Waals surface area contributed by atoms with E-state index in [2.05, 4.69) is 27.8 Å². The fraction of sp³-hybridized carbons (Fsp3) is 0.0833. The summed E-state index contributed by atoms with van der Waals surface area (Å²) < 4.78 is 0.909. The van der Waals surface area contributed by atoms with Crippen LogP contribution in [0.2, 0.25) is 0 Å². The van der Waals surface area contributed by atoms with E-state index in [1.54, 1.807) is 12.2 Å². The van der Waals surface area contributed by atoms with E-state index in [0.717, 1.165) is 9.35 Å². The number of carbonyl (C=O) groups excluding carboxylic acids is 2. The summed E-state index contributed by atoms with van der Waals surface area (Å²) in [6.07, 6.45) is 3.12. The molecular weight excluding hydrogens is 348 g/mol. The molecule has 0 bridgehead atoms. The average molecular weight is 357 g/mol. The molecular formula is C12H9BrN2O2S2. The van der Waals surface area contributed by atoms with Crippen molar-refractivity contribution in [3.63, 3.8) is 0 Å². The molecule has 98 valence electrons. The predicted octanol–water partition coefficient (Wildman–Crippen LogP) is 2.32. The van der Waals surface area contributed by atoms with Gasteiger partial charge in [-0.1, -0.05) is 6.08 Å². The molecule has 0 atom stereocenters. The zero-order valence-electron chi connectivity index (χ0n) is 9.68. The Morgan fingerprint density at radius 1 is 1.53 bits per heavy atom. The van der Waals surface area contributed by atoms with E-state index in [9.17, 15) is 9.59 Å². The van der Waals surface area contributed by atoms with Crippen LogP contribution in [0.1, 0.15) is 4.88 Å². The molecule has 2 heterocycles. The van der Waals surface area contributed by atoms with Gasteiger partial charge in [-0.3, -0.25) is 19.8 Å². The van der Waals surface area contributed by atoms with Crippen molar-refractivity contribution in [1.82, 2.24) is 10.2 Å². The lowest BCUT2D eigenvalue weighted by molar-refractivity contribution is -0.128. The SMILES string of the molecule is C=CCN1C(=O)/C(=C/c2cc(Br)cs2)C(=O)NC1=S. The molecule has 1 fully saturated rings. The predicted molar refractivity (Wildman–Crippen MR) is 82.6 cm³/mol. The maximum atomic E-state index is 12.2. The van der Waals surface area contributed by atoms with Crippen LogP contribution in [0.5, 0.6) is 0 Å². The third kappa shape index (κ3) is 2.99. The van der Waals surface area contributed by atoms with Gasteiger partial charge < -0.3 is 0 Å². The quantitative estimate of drug-likeness (QED) is 0.391. The van der Waals surface area contributed by atoms with E-state index < -0.39 is 11.8 Å². The fourth-order valence-corrected chi connectivity index (χ4v) is 3.16. The molecule has 0 unspecified atom stereocenters. The van der Waals surface area contributed by atoms with E-state index in [0.29, 0.717) is 0 Å². The van der Waals surface area contributed by atoms with Crippen molar-refractivity contribution in [2.24, 2.45) is 0 Å². The second-order valence-electron chi connectivity index (χ2n) is 3.69. The van der Waals surface area contributed by atoms with Gasteiger partial charge in [0.25, 0.3) is 11.8 Å². The third-order valence-corrected chi connectivity index (χ3v) is 4.33. The molecule has 0 saturated carbocycles. The molecule has 2 rings (SSSR count). The number of nitrogens with one attached hydrogen (secondary N) is 1. The average Bonchev–Trinajstić information content (AvgIpc) is 2.76. The number of hydrogen-bond acceptors (Lipinski definition) is 4. The minimum atomic E-state index is -0.472. The van der Waals surface area contributed by atoms with Crippen LogP contribution < -0.4 is 5.32 Å². The number of rotatable bonds is 3. The number of thiophene rings is 1. The highest BCUT2D eigenvalue weighted by Gasteiger charge is 2.32. The van der Waals surface area contributed by atoms with Gasteiger partial charge in [0.15, 0.2) is 5.11 Å². The van der Waals surface area contributed by atoms with Gasteiger partial charge in [0.05, 0.1) is 0 Å². The Labute approximate surface area is 127 Å². The smallest absolute Gasteiger partial charge is 0.265 e. The molecule has 0 spiro atoms. The van der Waals surface area contributed by atoms with Gasteiger partial charge in [0.2, 0.25) is 0 Å². The van der Waals surface area contributed by atoms with Crippen LogP contribution in [-0.2, 0) is 9.59 Å². The van der Waals surface area contributed by atoms with Crippen LogP contribution in [0, 0.1) is 0 Å². The van der Waals surface area contributed by atoms with Crippen molar-refractivity contribution < 1.29 is 9.59 Å². The first kappa shape index (κ1) is 14.1. The first-order valence-electron chi connectivity index (χ1n) is 5.26. The van der Waals surface area contributed by atoms with Crippen molar-refractivity contribution in [1.29, 1.82) is 0 Å². The third-order valence-electron chi connectivity index (χ3n) is 2.37. The topological polar surface area (TPSA) is 49.4 Å². The van der Waals surface area contributed by atoms with Crippen molar-refractivity contribution >= 4 is 62.5 Å². The Balaban J connectivity index is 2.35. The van der Waals surface area contributed by atoms with Gasteiger partial charge in [-0.15, -0.1) is 17.9 Å². The van der Waals surface area contributed by atoms with Gasteiger partial charge in [-0.2, -0.15) is 0 Å². The lowest BCUT2D eigenvalue weighted by Gasteiger charge is -2.27. The molecule has 4 nitrogen and oxygen atoms in total. The van der Waals surface area contributed by atoms with Crippen LogP contribution in [0.4, 0.5) is 0 Å². The summed E-state index contributed by atoms with van der Waals surface area (Å²) in [5.41, 5.74) is 0.0739. The highest BCUT2D eigenvalue weighted by atomic mass is 79.9.